The first-order valence-corrected chi connectivity index (χ1v) is 9.26. The Balaban J connectivity index is 0.00000392. The van der Waals surface area contributed by atoms with Crippen molar-refractivity contribution in [2.45, 2.75) is 32.4 Å². The number of hydrogen-bond acceptors (Lipinski definition) is 4. The molecule has 0 radical (unpaired) electrons. The molecule has 1 aromatic carbocycles. The number of nitrogens with one attached hydrogen (secondary N) is 2. The van der Waals surface area contributed by atoms with E-state index in [1.165, 1.54) is 26.0 Å². The number of aliphatic imine (C=N–C) groups is 1. The quantitative estimate of drug-likeness (QED) is 0.318. The minimum atomic E-state index is -2.87. The fraction of sp³-hybridized carbons (Fsp3) is 0.632. The summed E-state index contributed by atoms with van der Waals surface area (Å²) in [7, 11) is 5.38. The lowest BCUT2D eigenvalue weighted by Crippen LogP contribution is -2.38. The standard InChI is InChI=1S/C19H30F2N4O2.HI/c1-22-19(23-9-6-14-7-10-25(2)11-8-14)24-13-15-12-16(26-3)4-5-17(15)27-18(20)21;/h4-5,12,14,18H,6-11,13H2,1-3H3,(H2,22,23,24);1H. The van der Waals surface area contributed by atoms with Gasteiger partial charge >= 0.3 is 6.61 Å². The van der Waals surface area contributed by atoms with Gasteiger partial charge in [0.2, 0.25) is 0 Å². The summed E-state index contributed by atoms with van der Waals surface area (Å²) >= 11 is 0. The molecular formula is C19H31F2IN4O2. The summed E-state index contributed by atoms with van der Waals surface area (Å²) in [6.45, 7) is 0.560. The van der Waals surface area contributed by atoms with Crippen molar-refractivity contribution in [3.05, 3.63) is 23.8 Å². The van der Waals surface area contributed by atoms with Crippen molar-refractivity contribution in [3.8, 4) is 11.5 Å². The summed E-state index contributed by atoms with van der Waals surface area (Å²) in [5, 5.41) is 6.44. The molecule has 9 heteroatoms. The van der Waals surface area contributed by atoms with E-state index in [1.54, 1.807) is 19.2 Å². The van der Waals surface area contributed by atoms with Gasteiger partial charge in [0, 0.05) is 25.7 Å². The van der Waals surface area contributed by atoms with E-state index in [2.05, 4.69) is 32.3 Å². The van der Waals surface area contributed by atoms with Gasteiger partial charge in [0.05, 0.1) is 7.11 Å². The van der Waals surface area contributed by atoms with Crippen LogP contribution in [-0.4, -0.2) is 58.3 Å². The van der Waals surface area contributed by atoms with Gasteiger partial charge in [-0.2, -0.15) is 8.78 Å². The third-order valence-corrected chi connectivity index (χ3v) is 4.84. The maximum Gasteiger partial charge on any atom is 0.387 e. The molecule has 0 bridgehead atoms. The summed E-state index contributed by atoms with van der Waals surface area (Å²) in [6.07, 6.45) is 3.54. The number of alkyl halides is 2. The van der Waals surface area contributed by atoms with Gasteiger partial charge < -0.3 is 25.0 Å². The first-order chi connectivity index (χ1) is 13.0. The number of rotatable bonds is 8. The first kappa shape index (κ1) is 24.7. The summed E-state index contributed by atoms with van der Waals surface area (Å²) in [4.78, 5) is 6.56. The highest BCUT2D eigenvalue weighted by Gasteiger charge is 2.16. The second-order valence-electron chi connectivity index (χ2n) is 6.74. The number of nitrogens with zero attached hydrogens (tertiary/aromatic N) is 2. The molecule has 1 aliphatic heterocycles. The molecular weight excluding hydrogens is 481 g/mol. The predicted molar refractivity (Wildman–Crippen MR) is 118 cm³/mol. The first-order valence-electron chi connectivity index (χ1n) is 9.26. The van der Waals surface area contributed by atoms with Crippen LogP contribution >= 0.6 is 24.0 Å². The van der Waals surface area contributed by atoms with E-state index in [1.807, 2.05) is 0 Å². The largest absolute Gasteiger partial charge is 0.497 e. The summed E-state index contributed by atoms with van der Waals surface area (Å²) < 4.78 is 35.0. The Bertz CT molecular complexity index is 612. The Labute approximate surface area is 183 Å². The molecule has 6 nitrogen and oxygen atoms in total. The minimum Gasteiger partial charge on any atom is -0.497 e. The zero-order chi connectivity index (χ0) is 19.6. The molecule has 1 aromatic rings. The zero-order valence-corrected chi connectivity index (χ0v) is 19.0. The van der Waals surface area contributed by atoms with E-state index in [0.717, 1.165) is 32.0 Å². The summed E-state index contributed by atoms with van der Waals surface area (Å²) in [6, 6.07) is 4.75. The number of piperidine rings is 1. The van der Waals surface area contributed by atoms with Gasteiger partial charge in [-0.05, 0) is 63.5 Å². The van der Waals surface area contributed by atoms with Gasteiger partial charge in [0.1, 0.15) is 11.5 Å². The highest BCUT2D eigenvalue weighted by molar-refractivity contribution is 14.0. The van der Waals surface area contributed by atoms with Crippen LogP contribution in [0.2, 0.25) is 0 Å². The van der Waals surface area contributed by atoms with Crippen LogP contribution in [0.5, 0.6) is 11.5 Å². The Morgan fingerprint density at radius 1 is 1.29 bits per heavy atom. The van der Waals surface area contributed by atoms with Crippen molar-refractivity contribution in [2.75, 3.05) is 40.8 Å². The molecule has 0 unspecified atom stereocenters. The smallest absolute Gasteiger partial charge is 0.387 e. The molecule has 0 aliphatic carbocycles. The van der Waals surface area contributed by atoms with E-state index in [-0.39, 0.29) is 29.7 Å². The molecule has 28 heavy (non-hydrogen) atoms. The molecule has 1 fully saturated rings. The van der Waals surface area contributed by atoms with Crippen LogP contribution in [0.1, 0.15) is 24.8 Å². The number of guanidine groups is 1. The van der Waals surface area contributed by atoms with Crippen LogP contribution in [0, 0.1) is 5.92 Å². The number of hydrogen-bond donors (Lipinski definition) is 2. The van der Waals surface area contributed by atoms with E-state index in [4.69, 9.17) is 4.74 Å². The second kappa shape index (κ2) is 13.0. The topological polar surface area (TPSA) is 58.1 Å². The molecule has 0 aromatic heterocycles. The third-order valence-electron chi connectivity index (χ3n) is 4.84. The Morgan fingerprint density at radius 3 is 2.61 bits per heavy atom. The fourth-order valence-corrected chi connectivity index (χ4v) is 3.18. The molecule has 0 spiro atoms. The van der Waals surface area contributed by atoms with Gasteiger partial charge in [-0.1, -0.05) is 0 Å². The van der Waals surface area contributed by atoms with Crippen molar-refractivity contribution in [1.29, 1.82) is 0 Å². The minimum absolute atomic E-state index is 0. The molecule has 2 rings (SSSR count). The normalized spacial score (nSPS) is 15.9. The van der Waals surface area contributed by atoms with Crippen LogP contribution in [0.25, 0.3) is 0 Å². The van der Waals surface area contributed by atoms with Crippen molar-refractivity contribution >= 4 is 29.9 Å². The third kappa shape index (κ3) is 8.34. The van der Waals surface area contributed by atoms with Crippen LogP contribution in [0.15, 0.2) is 23.2 Å². The number of likely N-dealkylation sites (tertiary alicyclic amines) is 1. The number of methoxy groups -OCH3 is 1. The van der Waals surface area contributed by atoms with Crippen molar-refractivity contribution < 1.29 is 18.3 Å². The molecule has 1 aliphatic rings. The lowest BCUT2D eigenvalue weighted by atomic mass is 9.94. The van der Waals surface area contributed by atoms with Crippen molar-refractivity contribution in [3.63, 3.8) is 0 Å². The average Bonchev–Trinajstić information content (AvgIpc) is 2.66. The molecule has 2 N–H and O–H groups in total. The van der Waals surface area contributed by atoms with Crippen LogP contribution in [0.3, 0.4) is 0 Å². The predicted octanol–water partition coefficient (Wildman–Crippen LogP) is 3.31. The van der Waals surface area contributed by atoms with Gasteiger partial charge in [-0.15, -0.1) is 24.0 Å². The lowest BCUT2D eigenvalue weighted by molar-refractivity contribution is -0.0504. The SMILES string of the molecule is CN=C(NCCC1CCN(C)CC1)NCc1cc(OC)ccc1OC(F)F.I. The maximum atomic E-state index is 12.6. The van der Waals surface area contributed by atoms with Crippen molar-refractivity contribution in [2.24, 2.45) is 10.9 Å². The van der Waals surface area contributed by atoms with Crippen molar-refractivity contribution in [1.82, 2.24) is 15.5 Å². The lowest BCUT2D eigenvalue weighted by Gasteiger charge is -2.29. The Kier molecular flexibility index (Phi) is 11.4. The summed E-state index contributed by atoms with van der Waals surface area (Å²) in [5.74, 6) is 2.07. The van der Waals surface area contributed by atoms with E-state index in [9.17, 15) is 8.78 Å². The molecule has 0 saturated carbocycles. The van der Waals surface area contributed by atoms with Crippen LogP contribution in [-0.2, 0) is 6.54 Å². The molecule has 1 saturated heterocycles. The van der Waals surface area contributed by atoms with Gasteiger partial charge in [0.25, 0.3) is 0 Å². The second-order valence-corrected chi connectivity index (χ2v) is 6.74. The molecule has 0 amide bonds. The molecule has 160 valence electrons. The van der Waals surface area contributed by atoms with E-state index in [0.29, 0.717) is 23.8 Å². The van der Waals surface area contributed by atoms with Gasteiger partial charge in [0.15, 0.2) is 5.96 Å². The zero-order valence-electron chi connectivity index (χ0n) is 16.7. The fourth-order valence-electron chi connectivity index (χ4n) is 3.18. The van der Waals surface area contributed by atoms with E-state index < -0.39 is 6.61 Å². The molecule has 0 atom stereocenters. The number of benzene rings is 1. The number of ether oxygens (including phenoxy) is 2. The average molecular weight is 512 g/mol. The highest BCUT2D eigenvalue weighted by atomic mass is 127. The monoisotopic (exact) mass is 512 g/mol. The molecule has 1 heterocycles. The van der Waals surface area contributed by atoms with E-state index >= 15 is 0 Å². The number of halogens is 3. The summed E-state index contributed by atoms with van der Waals surface area (Å²) in [5.41, 5.74) is 0.577. The highest BCUT2D eigenvalue weighted by Crippen LogP contribution is 2.25. The van der Waals surface area contributed by atoms with Crippen LogP contribution in [0.4, 0.5) is 8.78 Å². The van der Waals surface area contributed by atoms with Crippen LogP contribution < -0.4 is 20.1 Å². The van der Waals surface area contributed by atoms with Gasteiger partial charge in [-0.3, -0.25) is 4.99 Å². The Hall–Kier alpha value is -1.36. The maximum absolute atomic E-state index is 12.6. The van der Waals surface area contributed by atoms with Gasteiger partial charge in [-0.25, -0.2) is 0 Å². The Morgan fingerprint density at radius 2 is 2.00 bits per heavy atom.